The number of benzene rings is 1. The molecule has 1 aromatic carbocycles. The zero-order chi connectivity index (χ0) is 14.2. The highest BCUT2D eigenvalue weighted by Gasteiger charge is 2.06. The van der Waals surface area contributed by atoms with E-state index >= 15 is 0 Å². The van der Waals surface area contributed by atoms with E-state index in [9.17, 15) is 0 Å². The summed E-state index contributed by atoms with van der Waals surface area (Å²) < 4.78 is 11.2. The van der Waals surface area contributed by atoms with Gasteiger partial charge in [0.25, 0.3) is 0 Å². The van der Waals surface area contributed by atoms with Gasteiger partial charge in [-0.1, -0.05) is 25.8 Å². The Morgan fingerprint density at radius 3 is 2.70 bits per heavy atom. The number of hydrogen-bond donors (Lipinski definition) is 0. The minimum Gasteiger partial charge on any atom is -0.496 e. The lowest BCUT2D eigenvalue weighted by molar-refractivity contribution is 0.406. The minimum absolute atomic E-state index is 0.608. The van der Waals surface area contributed by atoms with E-state index in [-0.39, 0.29) is 0 Å². The lowest BCUT2D eigenvalue weighted by atomic mass is 10.1. The SMILES string of the molecule is CCCCCc1cc(Oc2ccccn2)ccc1OC. The first-order valence-corrected chi connectivity index (χ1v) is 7.09. The number of hydrogen-bond acceptors (Lipinski definition) is 3. The maximum Gasteiger partial charge on any atom is 0.219 e. The summed E-state index contributed by atoms with van der Waals surface area (Å²) in [5.41, 5.74) is 1.19. The molecule has 3 nitrogen and oxygen atoms in total. The van der Waals surface area contributed by atoms with Crippen molar-refractivity contribution in [3.05, 3.63) is 48.2 Å². The molecule has 0 saturated heterocycles. The van der Waals surface area contributed by atoms with Gasteiger partial charge < -0.3 is 9.47 Å². The highest BCUT2D eigenvalue weighted by Crippen LogP contribution is 2.28. The molecule has 0 spiro atoms. The highest BCUT2D eigenvalue weighted by atomic mass is 16.5. The van der Waals surface area contributed by atoms with E-state index in [1.54, 1.807) is 13.3 Å². The lowest BCUT2D eigenvalue weighted by Crippen LogP contribution is -1.94. The van der Waals surface area contributed by atoms with Crippen LogP contribution in [-0.2, 0) is 6.42 Å². The molecule has 20 heavy (non-hydrogen) atoms. The van der Waals surface area contributed by atoms with E-state index in [1.807, 2.05) is 36.4 Å². The topological polar surface area (TPSA) is 31.4 Å². The van der Waals surface area contributed by atoms with Crippen LogP contribution in [0.3, 0.4) is 0 Å². The van der Waals surface area contributed by atoms with Crippen LogP contribution in [-0.4, -0.2) is 12.1 Å². The predicted molar refractivity (Wildman–Crippen MR) is 80.5 cm³/mol. The smallest absolute Gasteiger partial charge is 0.219 e. The van der Waals surface area contributed by atoms with Crippen molar-refractivity contribution in [3.63, 3.8) is 0 Å². The number of nitrogens with zero attached hydrogens (tertiary/aromatic N) is 1. The molecule has 0 amide bonds. The fourth-order valence-electron chi connectivity index (χ4n) is 2.11. The molecule has 0 bridgehead atoms. The third kappa shape index (κ3) is 3.98. The minimum atomic E-state index is 0.608. The zero-order valence-electron chi connectivity index (χ0n) is 12.1. The standard InChI is InChI=1S/C17H21NO2/c1-3-4-5-8-14-13-15(10-11-16(14)19-2)20-17-9-6-7-12-18-17/h6-7,9-13H,3-5,8H2,1-2H3. The van der Waals surface area contributed by atoms with Crippen molar-refractivity contribution < 1.29 is 9.47 Å². The van der Waals surface area contributed by atoms with Crippen LogP contribution >= 0.6 is 0 Å². The van der Waals surface area contributed by atoms with Crippen LogP contribution in [0.2, 0.25) is 0 Å². The fraction of sp³-hybridized carbons (Fsp3) is 0.353. The Hall–Kier alpha value is -2.03. The van der Waals surface area contributed by atoms with Gasteiger partial charge in [0, 0.05) is 12.3 Å². The molecule has 0 N–H and O–H groups in total. The normalized spacial score (nSPS) is 10.3. The third-order valence-corrected chi connectivity index (χ3v) is 3.16. The predicted octanol–water partition coefficient (Wildman–Crippen LogP) is 4.62. The van der Waals surface area contributed by atoms with Gasteiger partial charge in [-0.3, -0.25) is 0 Å². The van der Waals surface area contributed by atoms with E-state index in [4.69, 9.17) is 9.47 Å². The van der Waals surface area contributed by atoms with Crippen LogP contribution in [0.1, 0.15) is 31.7 Å². The van der Waals surface area contributed by atoms with Crippen molar-refractivity contribution in [3.8, 4) is 17.4 Å². The molecule has 0 unspecified atom stereocenters. The number of rotatable bonds is 7. The molecular weight excluding hydrogens is 250 g/mol. The molecule has 0 aliphatic carbocycles. The molecular formula is C17H21NO2. The van der Waals surface area contributed by atoms with E-state index in [0.29, 0.717) is 5.88 Å². The second-order valence-electron chi connectivity index (χ2n) is 4.70. The number of pyridine rings is 1. The summed E-state index contributed by atoms with van der Waals surface area (Å²) in [5.74, 6) is 2.34. The number of aromatic nitrogens is 1. The van der Waals surface area contributed by atoms with Gasteiger partial charge in [0.1, 0.15) is 11.5 Å². The van der Waals surface area contributed by atoms with E-state index in [1.165, 1.54) is 24.8 Å². The van der Waals surface area contributed by atoms with Crippen LogP contribution in [0.5, 0.6) is 17.4 Å². The van der Waals surface area contributed by atoms with E-state index < -0.39 is 0 Å². The summed E-state index contributed by atoms with van der Waals surface area (Å²) in [6.07, 6.45) is 6.35. The van der Waals surface area contributed by atoms with E-state index in [2.05, 4.69) is 11.9 Å². The average Bonchev–Trinajstić information content (AvgIpc) is 2.49. The van der Waals surface area contributed by atoms with Crippen LogP contribution in [0.25, 0.3) is 0 Å². The molecule has 0 radical (unpaired) electrons. The second kappa shape index (κ2) is 7.53. The lowest BCUT2D eigenvalue weighted by Gasteiger charge is -2.11. The Bertz CT molecular complexity index is 526. The van der Waals surface area contributed by atoms with Crippen molar-refractivity contribution in [1.82, 2.24) is 4.98 Å². The van der Waals surface area contributed by atoms with Gasteiger partial charge in [-0.2, -0.15) is 0 Å². The highest BCUT2D eigenvalue weighted by molar-refractivity contribution is 5.41. The van der Waals surface area contributed by atoms with Crippen molar-refractivity contribution in [2.45, 2.75) is 32.6 Å². The van der Waals surface area contributed by atoms with Gasteiger partial charge in [0.05, 0.1) is 7.11 Å². The number of ether oxygens (including phenoxy) is 2. The van der Waals surface area contributed by atoms with Gasteiger partial charge >= 0.3 is 0 Å². The Morgan fingerprint density at radius 2 is 2.00 bits per heavy atom. The van der Waals surface area contributed by atoms with Crippen molar-refractivity contribution in [1.29, 1.82) is 0 Å². The van der Waals surface area contributed by atoms with Crippen LogP contribution in [0.15, 0.2) is 42.6 Å². The van der Waals surface area contributed by atoms with Crippen molar-refractivity contribution in [2.75, 3.05) is 7.11 Å². The van der Waals surface area contributed by atoms with E-state index in [0.717, 1.165) is 17.9 Å². The molecule has 1 aromatic heterocycles. The number of aryl methyl sites for hydroxylation is 1. The van der Waals surface area contributed by atoms with Crippen molar-refractivity contribution in [2.24, 2.45) is 0 Å². The first-order chi connectivity index (χ1) is 9.83. The molecule has 0 fully saturated rings. The molecule has 0 aliphatic heterocycles. The summed E-state index contributed by atoms with van der Waals surface area (Å²) in [7, 11) is 1.71. The maximum atomic E-state index is 5.76. The van der Waals surface area contributed by atoms with Crippen LogP contribution in [0, 0.1) is 0 Å². The number of unbranched alkanes of at least 4 members (excludes halogenated alkanes) is 2. The molecule has 0 aliphatic rings. The maximum absolute atomic E-state index is 5.76. The summed E-state index contributed by atoms with van der Waals surface area (Å²) >= 11 is 0. The molecule has 1 heterocycles. The Morgan fingerprint density at radius 1 is 1.10 bits per heavy atom. The molecule has 2 aromatic rings. The van der Waals surface area contributed by atoms with Gasteiger partial charge in [-0.05, 0) is 42.7 Å². The molecule has 0 atom stereocenters. The van der Waals surface area contributed by atoms with Gasteiger partial charge in [0.15, 0.2) is 0 Å². The number of methoxy groups -OCH3 is 1. The van der Waals surface area contributed by atoms with Crippen LogP contribution in [0.4, 0.5) is 0 Å². The van der Waals surface area contributed by atoms with Crippen molar-refractivity contribution >= 4 is 0 Å². The molecule has 2 rings (SSSR count). The summed E-state index contributed by atoms with van der Waals surface area (Å²) in [4.78, 5) is 4.17. The second-order valence-corrected chi connectivity index (χ2v) is 4.70. The van der Waals surface area contributed by atoms with Gasteiger partial charge in [-0.15, -0.1) is 0 Å². The first-order valence-electron chi connectivity index (χ1n) is 7.09. The quantitative estimate of drug-likeness (QED) is 0.689. The summed E-state index contributed by atoms with van der Waals surface area (Å²) in [6.45, 7) is 2.21. The summed E-state index contributed by atoms with van der Waals surface area (Å²) in [5, 5.41) is 0. The summed E-state index contributed by atoms with van der Waals surface area (Å²) in [6, 6.07) is 11.5. The Balaban J connectivity index is 2.12. The van der Waals surface area contributed by atoms with Gasteiger partial charge in [0.2, 0.25) is 5.88 Å². The van der Waals surface area contributed by atoms with Gasteiger partial charge in [-0.25, -0.2) is 4.98 Å². The zero-order valence-corrected chi connectivity index (χ0v) is 12.1. The molecule has 0 saturated carbocycles. The van der Waals surface area contributed by atoms with Crippen LogP contribution < -0.4 is 9.47 Å². The third-order valence-electron chi connectivity index (χ3n) is 3.16. The average molecular weight is 271 g/mol. The monoisotopic (exact) mass is 271 g/mol. The Labute approximate surface area is 120 Å². The fourth-order valence-corrected chi connectivity index (χ4v) is 2.11. The largest absolute Gasteiger partial charge is 0.496 e. The Kier molecular flexibility index (Phi) is 5.42. The molecule has 3 heteroatoms. The first kappa shape index (κ1) is 14.4. The molecule has 106 valence electrons.